The van der Waals surface area contributed by atoms with Crippen molar-refractivity contribution in [2.75, 3.05) is 47.5 Å². The predicted molar refractivity (Wildman–Crippen MR) is 238 cm³/mol. The summed E-state index contributed by atoms with van der Waals surface area (Å²) in [6.07, 6.45) is 42.6. The summed E-state index contributed by atoms with van der Waals surface area (Å²) >= 11 is 0. The van der Waals surface area contributed by atoms with Gasteiger partial charge in [-0.05, 0) is 38.5 Å². The highest BCUT2D eigenvalue weighted by atomic mass is 31.2. The number of nitrogens with zero attached hydrogens (tertiary/aromatic N) is 1. The van der Waals surface area contributed by atoms with Gasteiger partial charge < -0.3 is 18.9 Å². The SMILES string of the molecule is CCCCCCC/C=C\CCCCCCCC(=O)O[C@H](COC(=O)CCCCCCCCCCCCCCCCCCCCC)COP(=O)(O)OCC[N+](C)(C)C. The maximum atomic E-state index is 12.7. The van der Waals surface area contributed by atoms with Crippen molar-refractivity contribution in [3.63, 3.8) is 0 Å². The van der Waals surface area contributed by atoms with Gasteiger partial charge >= 0.3 is 19.8 Å². The van der Waals surface area contributed by atoms with Crippen molar-refractivity contribution in [2.45, 2.75) is 232 Å². The fourth-order valence-corrected chi connectivity index (χ4v) is 7.52. The van der Waals surface area contributed by atoms with Gasteiger partial charge in [-0.1, -0.05) is 187 Å². The average molecular weight is 831 g/mol. The van der Waals surface area contributed by atoms with Crippen LogP contribution in [0.2, 0.25) is 0 Å². The van der Waals surface area contributed by atoms with Gasteiger partial charge in [0.15, 0.2) is 6.10 Å². The van der Waals surface area contributed by atoms with Gasteiger partial charge in [-0.2, -0.15) is 0 Å². The molecule has 0 radical (unpaired) electrons. The van der Waals surface area contributed by atoms with Crippen LogP contribution in [0.4, 0.5) is 0 Å². The molecule has 0 aliphatic rings. The lowest BCUT2D eigenvalue weighted by Crippen LogP contribution is -2.37. The molecule has 0 saturated carbocycles. The van der Waals surface area contributed by atoms with Gasteiger partial charge in [-0.25, -0.2) is 4.57 Å². The third-order valence-corrected chi connectivity index (χ3v) is 11.5. The van der Waals surface area contributed by atoms with E-state index in [4.69, 9.17) is 18.5 Å². The molecule has 2 atom stereocenters. The van der Waals surface area contributed by atoms with Crippen molar-refractivity contribution in [1.82, 2.24) is 0 Å². The molecule has 0 heterocycles. The first-order chi connectivity index (χ1) is 27.5. The molecule has 0 aromatic rings. The molecule has 0 aromatic carbocycles. The quantitative estimate of drug-likeness (QED) is 0.0213. The number of phosphoric ester groups is 1. The van der Waals surface area contributed by atoms with Gasteiger partial charge in [0, 0.05) is 12.8 Å². The Morgan fingerprint density at radius 3 is 1.30 bits per heavy atom. The first kappa shape index (κ1) is 55.8. The Bertz CT molecular complexity index is 985. The highest BCUT2D eigenvalue weighted by molar-refractivity contribution is 7.47. The zero-order valence-electron chi connectivity index (χ0n) is 38.1. The molecule has 0 aliphatic heterocycles. The maximum absolute atomic E-state index is 12.7. The van der Waals surface area contributed by atoms with Crippen molar-refractivity contribution in [3.05, 3.63) is 12.2 Å². The number of carbonyl (C=O) groups is 2. The van der Waals surface area contributed by atoms with Crippen molar-refractivity contribution < 1.29 is 42.1 Å². The fraction of sp³-hybridized carbons (Fsp3) is 0.915. The lowest BCUT2D eigenvalue weighted by atomic mass is 10.0. The normalized spacial score (nSPS) is 13.6. The standard InChI is InChI=1S/C47H92NO8P/c1-6-8-10-12-14-16-18-20-22-23-24-25-26-28-29-31-33-35-37-39-46(49)53-43-45(44-55-57(51,52)54-42-41-48(3,4)5)56-47(50)40-38-36-34-32-30-27-21-19-17-15-13-11-9-7-2/h19,21,45H,6-18,20,22-44H2,1-5H3/p+1/b21-19-/t45-/m1/s1. The molecule has 1 unspecified atom stereocenters. The van der Waals surface area contributed by atoms with Crippen LogP contribution in [0.25, 0.3) is 0 Å². The van der Waals surface area contributed by atoms with Gasteiger partial charge in [-0.3, -0.25) is 18.6 Å². The second-order valence-electron chi connectivity index (χ2n) is 17.5. The van der Waals surface area contributed by atoms with Gasteiger partial charge in [0.05, 0.1) is 27.7 Å². The predicted octanol–water partition coefficient (Wildman–Crippen LogP) is 13.8. The van der Waals surface area contributed by atoms with E-state index in [2.05, 4.69) is 26.0 Å². The number of unbranched alkanes of at least 4 members (excludes halogenated alkanes) is 28. The molecule has 0 rings (SSSR count). The van der Waals surface area contributed by atoms with Gasteiger partial charge in [-0.15, -0.1) is 0 Å². The Morgan fingerprint density at radius 2 is 0.895 bits per heavy atom. The number of quaternary nitrogens is 1. The van der Waals surface area contributed by atoms with Crippen molar-refractivity contribution in [2.24, 2.45) is 0 Å². The van der Waals surface area contributed by atoms with Crippen molar-refractivity contribution in [1.29, 1.82) is 0 Å². The molecule has 0 spiro atoms. The van der Waals surface area contributed by atoms with Gasteiger partial charge in [0.1, 0.15) is 19.8 Å². The minimum atomic E-state index is -4.37. The molecule has 0 saturated heterocycles. The number of allylic oxidation sites excluding steroid dienone is 2. The molecular weight excluding hydrogens is 737 g/mol. The molecule has 0 aliphatic carbocycles. The summed E-state index contributed by atoms with van der Waals surface area (Å²) in [5.74, 6) is -0.796. The second-order valence-corrected chi connectivity index (χ2v) is 19.0. The number of hydrogen-bond donors (Lipinski definition) is 1. The maximum Gasteiger partial charge on any atom is 0.472 e. The van der Waals surface area contributed by atoms with E-state index >= 15 is 0 Å². The summed E-state index contributed by atoms with van der Waals surface area (Å²) in [7, 11) is 1.48. The largest absolute Gasteiger partial charge is 0.472 e. The Hall–Kier alpha value is -1.25. The van der Waals surface area contributed by atoms with E-state index in [0.29, 0.717) is 23.9 Å². The van der Waals surface area contributed by atoms with Crippen LogP contribution in [-0.2, 0) is 32.7 Å². The summed E-state index contributed by atoms with van der Waals surface area (Å²) < 4.78 is 34.4. The van der Waals surface area contributed by atoms with E-state index in [1.807, 2.05) is 21.1 Å². The number of phosphoric acid groups is 1. The van der Waals surface area contributed by atoms with Crippen LogP contribution in [0.5, 0.6) is 0 Å². The number of esters is 2. The number of carbonyl (C=O) groups excluding carboxylic acids is 2. The highest BCUT2D eigenvalue weighted by Gasteiger charge is 2.27. The molecule has 338 valence electrons. The van der Waals surface area contributed by atoms with Gasteiger partial charge in [0.2, 0.25) is 0 Å². The number of hydrogen-bond acceptors (Lipinski definition) is 7. The monoisotopic (exact) mass is 831 g/mol. The van der Waals surface area contributed by atoms with Crippen molar-refractivity contribution in [3.8, 4) is 0 Å². The Kier molecular flexibility index (Phi) is 39.3. The van der Waals surface area contributed by atoms with E-state index in [1.54, 1.807) is 0 Å². The van der Waals surface area contributed by atoms with E-state index in [0.717, 1.165) is 51.4 Å². The summed E-state index contributed by atoms with van der Waals surface area (Å²) in [5.41, 5.74) is 0. The molecule has 1 N–H and O–H groups in total. The lowest BCUT2D eigenvalue weighted by Gasteiger charge is -2.24. The van der Waals surface area contributed by atoms with Crippen LogP contribution >= 0.6 is 7.82 Å². The first-order valence-corrected chi connectivity index (χ1v) is 25.4. The number of rotatable bonds is 44. The topological polar surface area (TPSA) is 108 Å². The molecule has 0 amide bonds. The molecule has 9 nitrogen and oxygen atoms in total. The van der Waals surface area contributed by atoms with Gasteiger partial charge in [0.25, 0.3) is 0 Å². The van der Waals surface area contributed by atoms with Crippen molar-refractivity contribution >= 4 is 19.8 Å². The number of likely N-dealkylation sites (N-methyl/N-ethyl adjacent to an activating group) is 1. The molecule has 57 heavy (non-hydrogen) atoms. The van der Waals surface area contributed by atoms with E-state index in [9.17, 15) is 19.0 Å². The molecule has 0 fully saturated rings. The molecular formula is C47H93NO8P+. The minimum Gasteiger partial charge on any atom is -0.462 e. The van der Waals surface area contributed by atoms with Crippen LogP contribution in [0, 0.1) is 0 Å². The Balaban J connectivity index is 4.25. The highest BCUT2D eigenvalue weighted by Crippen LogP contribution is 2.43. The fourth-order valence-electron chi connectivity index (χ4n) is 6.77. The zero-order chi connectivity index (χ0) is 42.1. The van der Waals surface area contributed by atoms with Crippen LogP contribution in [0.3, 0.4) is 0 Å². The third kappa shape index (κ3) is 44.1. The smallest absolute Gasteiger partial charge is 0.462 e. The average Bonchev–Trinajstić information content (AvgIpc) is 3.16. The molecule has 0 bridgehead atoms. The second kappa shape index (κ2) is 40.2. The molecule has 10 heteroatoms. The van der Waals surface area contributed by atoms with Crippen LogP contribution in [0.15, 0.2) is 12.2 Å². The summed E-state index contributed by atoms with van der Waals surface area (Å²) in [6.45, 7) is 4.44. The van der Waals surface area contributed by atoms with E-state index in [1.165, 1.54) is 141 Å². The summed E-state index contributed by atoms with van der Waals surface area (Å²) in [5, 5.41) is 0. The summed E-state index contributed by atoms with van der Waals surface area (Å²) in [6, 6.07) is 0. The Morgan fingerprint density at radius 1 is 0.526 bits per heavy atom. The van der Waals surface area contributed by atoms with Crippen LogP contribution in [-0.4, -0.2) is 74.9 Å². The number of ether oxygens (including phenoxy) is 2. The zero-order valence-corrected chi connectivity index (χ0v) is 39.0. The van der Waals surface area contributed by atoms with Crippen LogP contribution in [0.1, 0.15) is 226 Å². The Labute approximate surface area is 352 Å². The minimum absolute atomic E-state index is 0.0333. The first-order valence-electron chi connectivity index (χ1n) is 23.9. The molecule has 0 aromatic heterocycles. The lowest BCUT2D eigenvalue weighted by molar-refractivity contribution is -0.870. The van der Waals surface area contributed by atoms with E-state index < -0.39 is 26.5 Å². The summed E-state index contributed by atoms with van der Waals surface area (Å²) in [4.78, 5) is 35.4. The third-order valence-electron chi connectivity index (χ3n) is 10.5. The van der Waals surface area contributed by atoms with E-state index in [-0.39, 0.29) is 25.6 Å². The van der Waals surface area contributed by atoms with Crippen LogP contribution < -0.4 is 0 Å².